The molecule has 1 aromatic carbocycles. The van der Waals surface area contributed by atoms with E-state index in [1.165, 1.54) is 6.07 Å². The van der Waals surface area contributed by atoms with Crippen LogP contribution in [0.15, 0.2) is 30.6 Å². The summed E-state index contributed by atoms with van der Waals surface area (Å²) in [5.74, 6) is 0.788. The van der Waals surface area contributed by atoms with Gasteiger partial charge in [0, 0.05) is 38.1 Å². The van der Waals surface area contributed by atoms with Crippen LogP contribution in [0.4, 0.5) is 23.7 Å². The van der Waals surface area contributed by atoms with Crippen LogP contribution in [-0.2, 0) is 19.6 Å². The summed E-state index contributed by atoms with van der Waals surface area (Å²) in [7, 11) is 1.83. The summed E-state index contributed by atoms with van der Waals surface area (Å²) in [6.07, 6.45) is -0.654. The van der Waals surface area contributed by atoms with Crippen molar-refractivity contribution in [1.29, 1.82) is 0 Å². The zero-order valence-corrected chi connectivity index (χ0v) is 12.9. The third-order valence-electron chi connectivity index (χ3n) is 3.08. The molecule has 0 aliphatic carbocycles. The van der Waals surface area contributed by atoms with Crippen LogP contribution in [0.3, 0.4) is 0 Å². The predicted molar refractivity (Wildman–Crippen MR) is 80.4 cm³/mol. The van der Waals surface area contributed by atoms with Crippen LogP contribution >= 0.6 is 11.6 Å². The van der Waals surface area contributed by atoms with Crippen molar-refractivity contribution >= 4 is 23.3 Å². The molecular weight excluding hydrogens is 333 g/mol. The number of halogens is 4. The van der Waals surface area contributed by atoms with Crippen molar-refractivity contribution in [3.8, 4) is 0 Å². The van der Waals surface area contributed by atoms with Crippen LogP contribution in [-0.4, -0.2) is 22.1 Å². The average Bonchev–Trinajstić information content (AvgIpc) is 2.85. The summed E-state index contributed by atoms with van der Waals surface area (Å²) in [5.41, 5.74) is -0.985. The molecule has 1 aromatic heterocycles. The quantitative estimate of drug-likeness (QED) is 0.890. The predicted octanol–water partition coefficient (Wildman–Crippen LogP) is 3.46. The number of amides is 2. The van der Waals surface area contributed by atoms with Crippen LogP contribution in [0, 0.1) is 0 Å². The molecule has 23 heavy (non-hydrogen) atoms. The number of aromatic nitrogens is 2. The number of rotatable bonds is 4. The van der Waals surface area contributed by atoms with Gasteiger partial charge in [0.25, 0.3) is 0 Å². The Morgan fingerprint density at radius 1 is 1.39 bits per heavy atom. The molecule has 0 bridgehead atoms. The van der Waals surface area contributed by atoms with Crippen molar-refractivity contribution in [2.45, 2.75) is 12.6 Å². The van der Waals surface area contributed by atoms with E-state index < -0.39 is 22.8 Å². The van der Waals surface area contributed by atoms with Gasteiger partial charge < -0.3 is 15.2 Å². The minimum absolute atomic E-state index is 0.0104. The zero-order valence-electron chi connectivity index (χ0n) is 12.1. The summed E-state index contributed by atoms with van der Waals surface area (Å²) in [4.78, 5) is 15.8. The Hall–Kier alpha value is -2.22. The van der Waals surface area contributed by atoms with Crippen molar-refractivity contribution < 1.29 is 18.0 Å². The number of carbonyl (C=O) groups is 1. The normalized spacial score (nSPS) is 11.3. The Kier molecular flexibility index (Phi) is 5.15. The molecule has 124 valence electrons. The maximum absolute atomic E-state index is 12.7. The van der Waals surface area contributed by atoms with Crippen molar-refractivity contribution in [3.05, 3.63) is 47.0 Å². The molecule has 0 fully saturated rings. The highest BCUT2D eigenvalue weighted by atomic mass is 35.5. The number of imidazole rings is 1. The van der Waals surface area contributed by atoms with E-state index in [1.54, 1.807) is 12.4 Å². The second-order valence-corrected chi connectivity index (χ2v) is 5.18. The Morgan fingerprint density at radius 2 is 2.13 bits per heavy atom. The SMILES string of the molecule is Cn1ccnc1CCNC(=O)Nc1ccc(Cl)c(C(F)(F)F)c1. The molecule has 0 atom stereocenters. The van der Waals surface area contributed by atoms with Crippen molar-refractivity contribution in [1.82, 2.24) is 14.9 Å². The highest BCUT2D eigenvalue weighted by Crippen LogP contribution is 2.36. The van der Waals surface area contributed by atoms with Gasteiger partial charge in [-0.05, 0) is 18.2 Å². The Labute approximate surface area is 135 Å². The Morgan fingerprint density at radius 3 is 2.74 bits per heavy atom. The molecule has 0 saturated carbocycles. The molecule has 0 aliphatic heterocycles. The largest absolute Gasteiger partial charge is 0.417 e. The zero-order chi connectivity index (χ0) is 17.0. The van der Waals surface area contributed by atoms with Gasteiger partial charge in [-0.3, -0.25) is 0 Å². The molecule has 1 heterocycles. The number of hydrogen-bond acceptors (Lipinski definition) is 2. The number of carbonyl (C=O) groups excluding carboxylic acids is 1. The standard InChI is InChI=1S/C14H14ClF3N4O/c1-22-7-6-19-12(22)4-5-20-13(23)21-9-2-3-11(15)10(8-9)14(16,17)18/h2-3,6-8H,4-5H2,1H3,(H2,20,21,23). The number of anilines is 1. The molecular formula is C14H14ClF3N4O. The van der Waals surface area contributed by atoms with E-state index in [-0.39, 0.29) is 5.69 Å². The smallest absolute Gasteiger partial charge is 0.338 e. The van der Waals surface area contributed by atoms with Crippen LogP contribution in [0.1, 0.15) is 11.4 Å². The van der Waals surface area contributed by atoms with E-state index in [4.69, 9.17) is 11.6 Å². The molecule has 2 rings (SSSR count). The maximum Gasteiger partial charge on any atom is 0.417 e. The lowest BCUT2D eigenvalue weighted by Crippen LogP contribution is -2.31. The van der Waals surface area contributed by atoms with Crippen LogP contribution in [0.2, 0.25) is 5.02 Å². The molecule has 9 heteroatoms. The van der Waals surface area contributed by atoms with Gasteiger partial charge in [0.1, 0.15) is 5.82 Å². The van der Waals surface area contributed by atoms with Gasteiger partial charge in [-0.25, -0.2) is 9.78 Å². The number of aryl methyl sites for hydroxylation is 1. The lowest BCUT2D eigenvalue weighted by molar-refractivity contribution is -0.137. The van der Waals surface area contributed by atoms with E-state index >= 15 is 0 Å². The molecule has 0 spiro atoms. The molecule has 0 radical (unpaired) electrons. The van der Waals surface area contributed by atoms with Crippen LogP contribution < -0.4 is 10.6 Å². The van der Waals surface area contributed by atoms with Gasteiger partial charge in [-0.15, -0.1) is 0 Å². The highest BCUT2D eigenvalue weighted by Gasteiger charge is 2.33. The lowest BCUT2D eigenvalue weighted by Gasteiger charge is -2.12. The molecule has 5 nitrogen and oxygen atoms in total. The van der Waals surface area contributed by atoms with Gasteiger partial charge in [0.05, 0.1) is 10.6 Å². The summed E-state index contributed by atoms with van der Waals surface area (Å²) >= 11 is 5.52. The second-order valence-electron chi connectivity index (χ2n) is 4.78. The summed E-state index contributed by atoms with van der Waals surface area (Å²) < 4.78 is 40.0. The van der Waals surface area contributed by atoms with Crippen molar-refractivity contribution in [2.24, 2.45) is 7.05 Å². The summed E-state index contributed by atoms with van der Waals surface area (Å²) in [5, 5.41) is 4.47. The first-order chi connectivity index (χ1) is 10.8. The number of nitrogens with one attached hydrogen (secondary N) is 2. The fourth-order valence-corrected chi connectivity index (χ4v) is 2.15. The van der Waals surface area contributed by atoms with Crippen molar-refractivity contribution in [3.63, 3.8) is 0 Å². The third-order valence-corrected chi connectivity index (χ3v) is 3.41. The van der Waals surface area contributed by atoms with E-state index in [1.807, 2.05) is 11.6 Å². The molecule has 2 N–H and O–H groups in total. The fourth-order valence-electron chi connectivity index (χ4n) is 1.92. The molecule has 0 aliphatic rings. The summed E-state index contributed by atoms with van der Waals surface area (Å²) in [6, 6.07) is 2.58. The molecule has 0 saturated heterocycles. The van der Waals surface area contributed by atoms with E-state index in [9.17, 15) is 18.0 Å². The van der Waals surface area contributed by atoms with Gasteiger partial charge >= 0.3 is 12.2 Å². The number of hydrogen-bond donors (Lipinski definition) is 2. The van der Waals surface area contributed by atoms with E-state index in [0.717, 1.165) is 18.0 Å². The van der Waals surface area contributed by atoms with E-state index in [2.05, 4.69) is 15.6 Å². The molecule has 2 amide bonds. The fraction of sp³-hybridized carbons (Fsp3) is 0.286. The van der Waals surface area contributed by atoms with Gasteiger partial charge in [0.15, 0.2) is 0 Å². The minimum atomic E-state index is -4.58. The Balaban J connectivity index is 1.91. The van der Waals surface area contributed by atoms with Gasteiger partial charge in [-0.2, -0.15) is 13.2 Å². The maximum atomic E-state index is 12.7. The number of nitrogens with zero attached hydrogens (tertiary/aromatic N) is 2. The lowest BCUT2D eigenvalue weighted by atomic mass is 10.2. The van der Waals surface area contributed by atoms with Gasteiger partial charge in [0.2, 0.25) is 0 Å². The van der Waals surface area contributed by atoms with E-state index in [0.29, 0.717) is 13.0 Å². The Bertz CT molecular complexity index is 700. The first kappa shape index (κ1) is 17.1. The number of urea groups is 1. The monoisotopic (exact) mass is 346 g/mol. The van der Waals surface area contributed by atoms with Crippen LogP contribution in [0.25, 0.3) is 0 Å². The summed E-state index contributed by atoms with van der Waals surface area (Å²) in [6.45, 7) is 0.302. The van der Waals surface area contributed by atoms with Gasteiger partial charge in [-0.1, -0.05) is 11.6 Å². The third kappa shape index (κ3) is 4.62. The average molecular weight is 347 g/mol. The number of benzene rings is 1. The first-order valence-electron chi connectivity index (χ1n) is 6.65. The number of alkyl halides is 3. The molecule has 0 unspecified atom stereocenters. The second kappa shape index (κ2) is 6.91. The topological polar surface area (TPSA) is 59.0 Å². The highest BCUT2D eigenvalue weighted by molar-refractivity contribution is 6.31. The van der Waals surface area contributed by atoms with Crippen LogP contribution in [0.5, 0.6) is 0 Å². The first-order valence-corrected chi connectivity index (χ1v) is 7.03. The van der Waals surface area contributed by atoms with Crippen molar-refractivity contribution in [2.75, 3.05) is 11.9 Å². The molecule has 2 aromatic rings. The minimum Gasteiger partial charge on any atom is -0.338 e.